The minimum Gasteiger partial charge on any atom is -0.309 e. The highest BCUT2D eigenvalue weighted by atomic mass is 15.0. The van der Waals surface area contributed by atoms with Crippen LogP contribution < -0.4 is 0 Å². The Morgan fingerprint density at radius 3 is 1.48 bits per heavy atom. The van der Waals surface area contributed by atoms with Crippen molar-refractivity contribution in [3.63, 3.8) is 0 Å². The molecule has 0 saturated carbocycles. The lowest BCUT2D eigenvalue weighted by Crippen LogP contribution is -2.02. The molecule has 12 aromatic rings. The van der Waals surface area contributed by atoms with Crippen molar-refractivity contribution in [3.8, 4) is 84.4 Å². The summed E-state index contributed by atoms with van der Waals surface area (Å²) >= 11 is 0. The number of hydrogen-bond acceptors (Lipinski definition) is 3. The molecule has 0 fully saturated rings. The van der Waals surface area contributed by atoms with Gasteiger partial charge in [-0.3, -0.25) is 0 Å². The van der Waals surface area contributed by atoms with Gasteiger partial charge in [0.2, 0.25) is 0 Å². The van der Waals surface area contributed by atoms with Gasteiger partial charge in [-0.15, -0.1) is 0 Å². The van der Waals surface area contributed by atoms with E-state index in [1.54, 1.807) is 0 Å². The van der Waals surface area contributed by atoms with Gasteiger partial charge in [-0.1, -0.05) is 200 Å². The summed E-state index contributed by atoms with van der Waals surface area (Å²) in [5.41, 5.74) is 15.0. The summed E-state index contributed by atoms with van der Waals surface area (Å²) in [6, 6.07) is 86.0. The number of rotatable bonds is 8. The van der Waals surface area contributed by atoms with Crippen molar-refractivity contribution in [2.45, 2.75) is 0 Å². The lowest BCUT2D eigenvalue weighted by atomic mass is 9.86. The molecule has 65 heavy (non-hydrogen) atoms. The minimum atomic E-state index is 0.602. The third kappa shape index (κ3) is 6.95. The highest BCUT2D eigenvalue weighted by molar-refractivity contribution is 6.11. The van der Waals surface area contributed by atoms with Gasteiger partial charge in [-0.05, 0) is 92.2 Å². The van der Waals surface area contributed by atoms with Crippen LogP contribution in [0, 0.1) is 0 Å². The molecule has 2 heterocycles. The molecule has 0 radical (unpaired) electrons. The van der Waals surface area contributed by atoms with Crippen molar-refractivity contribution in [2.24, 2.45) is 0 Å². The Morgan fingerprint density at radius 2 is 0.754 bits per heavy atom. The number of fused-ring (bicyclic) bond motifs is 4. The van der Waals surface area contributed by atoms with Crippen LogP contribution in [-0.4, -0.2) is 19.5 Å². The molecule has 0 atom stereocenters. The van der Waals surface area contributed by atoms with Gasteiger partial charge in [-0.2, -0.15) is 0 Å². The Bertz CT molecular complexity index is 3670. The largest absolute Gasteiger partial charge is 0.309 e. The lowest BCUT2D eigenvalue weighted by molar-refractivity contribution is 1.08. The van der Waals surface area contributed by atoms with Crippen molar-refractivity contribution < 1.29 is 0 Å². The zero-order valence-corrected chi connectivity index (χ0v) is 35.4. The van der Waals surface area contributed by atoms with E-state index in [1.807, 2.05) is 6.07 Å². The van der Waals surface area contributed by atoms with Gasteiger partial charge < -0.3 is 4.57 Å². The smallest absolute Gasteiger partial charge is 0.164 e. The summed E-state index contributed by atoms with van der Waals surface area (Å²) < 4.78 is 2.37. The van der Waals surface area contributed by atoms with Crippen LogP contribution in [0.4, 0.5) is 0 Å². The van der Waals surface area contributed by atoms with Gasteiger partial charge in [0.15, 0.2) is 17.5 Å². The molecule has 0 N–H and O–H groups in total. The second-order valence-corrected chi connectivity index (χ2v) is 16.4. The summed E-state index contributed by atoms with van der Waals surface area (Å²) in [6.07, 6.45) is 0. The van der Waals surface area contributed by atoms with E-state index in [1.165, 1.54) is 16.3 Å². The second-order valence-electron chi connectivity index (χ2n) is 16.4. The van der Waals surface area contributed by atoms with E-state index in [9.17, 15) is 0 Å². The van der Waals surface area contributed by atoms with Crippen molar-refractivity contribution >= 4 is 32.6 Å². The summed E-state index contributed by atoms with van der Waals surface area (Å²) in [6.45, 7) is 0. The first-order chi connectivity index (χ1) is 32.2. The van der Waals surface area contributed by atoms with Gasteiger partial charge in [0.1, 0.15) is 0 Å². The molecule has 0 aliphatic carbocycles. The third-order valence-electron chi connectivity index (χ3n) is 12.5. The van der Waals surface area contributed by atoms with Gasteiger partial charge in [0.25, 0.3) is 0 Å². The normalized spacial score (nSPS) is 11.4. The molecule has 0 aliphatic rings. The standard InChI is InChI=1S/C61H40N4/c1-5-18-41(19-6-1)43-32-34-46(35-33-43)59-62-60(52-30-17-25-44-22-13-14-28-50(44)52)64-61(63-59)55-40-48(42-20-7-2-8-21-42)39-53(58(55)45-23-9-3-10-24-45)47-36-37-57-54(38-47)51-29-15-16-31-56(51)65(57)49-26-11-4-12-27-49/h1-40H. The predicted molar refractivity (Wildman–Crippen MR) is 270 cm³/mol. The Balaban J connectivity index is 1.14. The van der Waals surface area contributed by atoms with Gasteiger partial charge in [0, 0.05) is 38.7 Å². The van der Waals surface area contributed by atoms with Crippen molar-refractivity contribution in [3.05, 3.63) is 243 Å². The molecule has 0 aliphatic heterocycles. The van der Waals surface area contributed by atoms with Crippen LogP contribution in [0.25, 0.3) is 117 Å². The lowest BCUT2D eigenvalue weighted by Gasteiger charge is -2.19. The molecule has 0 amide bonds. The van der Waals surface area contributed by atoms with Crippen LogP contribution in [0.2, 0.25) is 0 Å². The Labute approximate surface area is 377 Å². The second kappa shape index (κ2) is 16.2. The maximum absolute atomic E-state index is 5.47. The average Bonchev–Trinajstić information content (AvgIpc) is 3.73. The summed E-state index contributed by atoms with van der Waals surface area (Å²) in [5, 5.41) is 4.60. The highest BCUT2D eigenvalue weighted by Crippen LogP contribution is 2.45. The molecule has 0 spiro atoms. The molecule has 12 rings (SSSR count). The number of hydrogen-bond donors (Lipinski definition) is 0. The first-order valence-electron chi connectivity index (χ1n) is 22.0. The number of nitrogens with zero attached hydrogens (tertiary/aromatic N) is 4. The molecular formula is C61H40N4. The fourth-order valence-electron chi connectivity index (χ4n) is 9.36. The summed E-state index contributed by atoms with van der Waals surface area (Å²) in [5.74, 6) is 1.83. The van der Waals surface area contributed by atoms with E-state index in [0.29, 0.717) is 17.5 Å². The molecule has 0 saturated heterocycles. The van der Waals surface area contributed by atoms with Crippen molar-refractivity contribution in [1.29, 1.82) is 0 Å². The predicted octanol–water partition coefficient (Wildman–Crippen LogP) is 15.8. The van der Waals surface area contributed by atoms with Gasteiger partial charge in [0.05, 0.1) is 11.0 Å². The maximum Gasteiger partial charge on any atom is 0.164 e. The van der Waals surface area contributed by atoms with Gasteiger partial charge >= 0.3 is 0 Å². The quantitative estimate of drug-likeness (QED) is 0.153. The molecule has 0 unspecified atom stereocenters. The van der Waals surface area contributed by atoms with E-state index in [4.69, 9.17) is 15.0 Å². The third-order valence-corrected chi connectivity index (χ3v) is 12.5. The van der Waals surface area contributed by atoms with Crippen LogP contribution >= 0.6 is 0 Å². The van der Waals surface area contributed by atoms with E-state index in [0.717, 1.165) is 83.2 Å². The highest BCUT2D eigenvalue weighted by Gasteiger charge is 2.23. The first kappa shape index (κ1) is 38.0. The zero-order chi connectivity index (χ0) is 43.1. The topological polar surface area (TPSA) is 43.6 Å². The molecular weight excluding hydrogens is 789 g/mol. The summed E-state index contributed by atoms with van der Waals surface area (Å²) in [7, 11) is 0. The molecule has 10 aromatic carbocycles. The maximum atomic E-state index is 5.47. The first-order valence-corrected chi connectivity index (χ1v) is 22.0. The molecule has 4 heteroatoms. The minimum absolute atomic E-state index is 0.602. The van der Waals surface area contributed by atoms with Crippen molar-refractivity contribution in [2.75, 3.05) is 0 Å². The number of aromatic nitrogens is 4. The van der Waals surface area contributed by atoms with Crippen LogP contribution in [0.5, 0.6) is 0 Å². The van der Waals surface area contributed by atoms with E-state index in [2.05, 4.69) is 241 Å². The van der Waals surface area contributed by atoms with E-state index < -0.39 is 0 Å². The van der Waals surface area contributed by atoms with E-state index in [-0.39, 0.29) is 0 Å². The molecule has 4 nitrogen and oxygen atoms in total. The van der Waals surface area contributed by atoms with Crippen LogP contribution in [0.1, 0.15) is 0 Å². The Hall–Kier alpha value is -8.73. The monoisotopic (exact) mass is 828 g/mol. The Kier molecular flexibility index (Phi) is 9.46. The SMILES string of the molecule is c1ccc(-c2ccc(-c3nc(-c4cc(-c5ccccc5)cc(-c5ccc6c(c5)c5ccccc5n6-c5ccccc5)c4-c4ccccc4)nc(-c4cccc5ccccc45)n3)cc2)cc1. The fourth-order valence-corrected chi connectivity index (χ4v) is 9.36. The van der Waals surface area contributed by atoms with Gasteiger partial charge in [-0.25, -0.2) is 15.0 Å². The molecule has 2 aromatic heterocycles. The number of para-hydroxylation sites is 2. The van der Waals surface area contributed by atoms with E-state index >= 15 is 0 Å². The van der Waals surface area contributed by atoms with Crippen LogP contribution in [0.3, 0.4) is 0 Å². The van der Waals surface area contributed by atoms with Crippen molar-refractivity contribution in [1.82, 2.24) is 19.5 Å². The van der Waals surface area contributed by atoms with Crippen LogP contribution in [0.15, 0.2) is 243 Å². The molecule has 304 valence electrons. The summed E-state index contributed by atoms with van der Waals surface area (Å²) in [4.78, 5) is 16.2. The Morgan fingerprint density at radius 1 is 0.262 bits per heavy atom. The zero-order valence-electron chi connectivity index (χ0n) is 35.4. The number of benzene rings is 10. The fraction of sp³-hybridized carbons (Fsp3) is 0. The molecule has 0 bridgehead atoms. The average molecular weight is 829 g/mol. The van der Waals surface area contributed by atoms with Crippen LogP contribution in [-0.2, 0) is 0 Å².